The zero-order valence-corrected chi connectivity index (χ0v) is 9.86. The Morgan fingerprint density at radius 2 is 2.06 bits per heavy atom. The van der Waals surface area contributed by atoms with E-state index in [1.807, 2.05) is 37.3 Å². The van der Waals surface area contributed by atoms with Crippen molar-refractivity contribution in [2.75, 3.05) is 7.05 Å². The van der Waals surface area contributed by atoms with Gasteiger partial charge in [0.05, 0.1) is 0 Å². The summed E-state index contributed by atoms with van der Waals surface area (Å²) in [5, 5.41) is 4.05. The number of rotatable bonds is 5. The Hall–Kier alpha value is -1.77. The number of hydrogen-bond acceptors (Lipinski definition) is 3. The molecule has 0 unspecified atom stereocenters. The van der Waals surface area contributed by atoms with Crippen molar-refractivity contribution in [2.24, 2.45) is 5.10 Å². The molecule has 1 N–H and O–H groups in total. The third-order valence-corrected chi connectivity index (χ3v) is 2.16. The summed E-state index contributed by atoms with van der Waals surface area (Å²) in [6.45, 7) is 6.45. The van der Waals surface area contributed by atoms with Crippen LogP contribution in [0.3, 0.4) is 0 Å². The summed E-state index contributed by atoms with van der Waals surface area (Å²) in [6.07, 6.45) is 0.829. The van der Waals surface area contributed by atoms with Gasteiger partial charge in [0, 0.05) is 12.6 Å². The maximum atomic E-state index is 5.61. The van der Waals surface area contributed by atoms with Gasteiger partial charge in [0.1, 0.15) is 6.61 Å². The van der Waals surface area contributed by atoms with Crippen molar-refractivity contribution in [1.29, 1.82) is 0 Å². The van der Waals surface area contributed by atoms with Gasteiger partial charge in [-0.15, -0.1) is 5.10 Å². The minimum Gasteiger partial charge on any atom is -0.472 e. The van der Waals surface area contributed by atoms with Crippen molar-refractivity contribution in [3.05, 3.63) is 48.0 Å². The van der Waals surface area contributed by atoms with Crippen LogP contribution in [0.1, 0.15) is 18.9 Å². The zero-order chi connectivity index (χ0) is 11.8. The first-order valence-corrected chi connectivity index (χ1v) is 5.37. The number of benzene rings is 1. The first-order valence-electron chi connectivity index (χ1n) is 5.37. The SMILES string of the molecule is C=C(CC)/C(=N\NC)OCc1ccccc1. The summed E-state index contributed by atoms with van der Waals surface area (Å²) >= 11 is 0. The largest absolute Gasteiger partial charge is 0.472 e. The molecule has 0 saturated heterocycles. The highest BCUT2D eigenvalue weighted by Crippen LogP contribution is 2.06. The second kappa shape index (κ2) is 6.67. The molecule has 86 valence electrons. The van der Waals surface area contributed by atoms with Gasteiger partial charge in [-0.25, -0.2) is 0 Å². The number of ether oxygens (including phenoxy) is 1. The number of hydrogen-bond donors (Lipinski definition) is 1. The van der Waals surface area contributed by atoms with Crippen LogP contribution in [-0.2, 0) is 11.3 Å². The van der Waals surface area contributed by atoms with E-state index in [1.54, 1.807) is 7.05 Å². The topological polar surface area (TPSA) is 33.6 Å². The Morgan fingerprint density at radius 1 is 1.38 bits per heavy atom. The molecule has 1 rings (SSSR count). The normalized spacial score (nSPS) is 11.0. The average molecular weight is 218 g/mol. The van der Waals surface area contributed by atoms with Crippen molar-refractivity contribution in [1.82, 2.24) is 5.43 Å². The van der Waals surface area contributed by atoms with Crippen molar-refractivity contribution in [2.45, 2.75) is 20.0 Å². The summed E-state index contributed by atoms with van der Waals surface area (Å²) in [7, 11) is 1.74. The molecular formula is C13H18N2O. The summed E-state index contributed by atoms with van der Waals surface area (Å²) in [4.78, 5) is 0. The van der Waals surface area contributed by atoms with Crippen LogP contribution in [0.4, 0.5) is 0 Å². The molecule has 16 heavy (non-hydrogen) atoms. The second-order valence-electron chi connectivity index (χ2n) is 3.37. The van der Waals surface area contributed by atoms with Crippen molar-refractivity contribution in [3.8, 4) is 0 Å². The molecule has 0 radical (unpaired) electrons. The molecule has 0 spiro atoms. The fraction of sp³-hybridized carbons (Fsp3) is 0.308. The van der Waals surface area contributed by atoms with Gasteiger partial charge in [0.15, 0.2) is 0 Å². The fourth-order valence-electron chi connectivity index (χ4n) is 1.19. The second-order valence-corrected chi connectivity index (χ2v) is 3.37. The summed E-state index contributed by atoms with van der Waals surface area (Å²) < 4.78 is 5.61. The number of nitrogens with zero attached hydrogens (tertiary/aromatic N) is 1. The van der Waals surface area contributed by atoms with Crippen LogP contribution in [0, 0.1) is 0 Å². The number of hydrazone groups is 1. The van der Waals surface area contributed by atoms with Crippen LogP contribution in [0.25, 0.3) is 0 Å². The highest BCUT2D eigenvalue weighted by atomic mass is 16.5. The van der Waals surface area contributed by atoms with E-state index >= 15 is 0 Å². The summed E-state index contributed by atoms with van der Waals surface area (Å²) in [6, 6.07) is 10.00. The molecule has 1 aromatic carbocycles. The molecule has 0 aliphatic carbocycles. The first kappa shape index (κ1) is 12.3. The van der Waals surface area contributed by atoms with Gasteiger partial charge in [0.25, 0.3) is 0 Å². The van der Waals surface area contributed by atoms with Crippen LogP contribution in [0.15, 0.2) is 47.6 Å². The molecule has 0 bridgehead atoms. The van der Waals surface area contributed by atoms with Gasteiger partial charge >= 0.3 is 0 Å². The molecule has 0 atom stereocenters. The van der Waals surface area contributed by atoms with E-state index in [0.29, 0.717) is 12.5 Å². The predicted molar refractivity (Wildman–Crippen MR) is 67.2 cm³/mol. The third-order valence-electron chi connectivity index (χ3n) is 2.16. The maximum Gasteiger partial charge on any atom is 0.233 e. The molecule has 0 aliphatic heterocycles. The molecule has 3 heteroatoms. The quantitative estimate of drug-likeness (QED) is 0.468. The molecule has 0 fully saturated rings. The zero-order valence-electron chi connectivity index (χ0n) is 9.86. The van der Waals surface area contributed by atoms with Crippen LogP contribution in [0.2, 0.25) is 0 Å². The van der Waals surface area contributed by atoms with E-state index in [1.165, 1.54) is 0 Å². The van der Waals surface area contributed by atoms with Crippen LogP contribution in [0.5, 0.6) is 0 Å². The lowest BCUT2D eigenvalue weighted by Gasteiger charge is -2.10. The minimum absolute atomic E-state index is 0.514. The van der Waals surface area contributed by atoms with E-state index in [4.69, 9.17) is 4.74 Å². The van der Waals surface area contributed by atoms with E-state index in [-0.39, 0.29) is 0 Å². The van der Waals surface area contributed by atoms with Crippen molar-refractivity contribution < 1.29 is 4.74 Å². The summed E-state index contributed by atoms with van der Waals surface area (Å²) in [5.74, 6) is 0.578. The van der Waals surface area contributed by atoms with Gasteiger partial charge in [-0.05, 0) is 12.0 Å². The average Bonchev–Trinajstić information content (AvgIpc) is 2.34. The molecule has 0 aromatic heterocycles. The Bertz CT molecular complexity index is 357. The molecule has 3 nitrogen and oxygen atoms in total. The Labute approximate surface area is 96.8 Å². The standard InChI is InChI=1S/C13H18N2O/c1-4-11(2)13(15-14-3)16-10-12-8-6-5-7-9-12/h5-9,14H,2,4,10H2,1,3H3/b15-13+. The van der Waals surface area contributed by atoms with Gasteiger partial charge < -0.3 is 10.2 Å². The van der Waals surface area contributed by atoms with Gasteiger partial charge in [-0.2, -0.15) is 0 Å². The summed E-state index contributed by atoms with van der Waals surface area (Å²) in [5.41, 5.74) is 4.74. The monoisotopic (exact) mass is 218 g/mol. The lowest BCUT2D eigenvalue weighted by Crippen LogP contribution is -2.12. The van der Waals surface area contributed by atoms with Crippen LogP contribution < -0.4 is 5.43 Å². The Morgan fingerprint density at radius 3 is 2.62 bits per heavy atom. The maximum absolute atomic E-state index is 5.61. The van der Waals surface area contributed by atoms with Crippen molar-refractivity contribution in [3.63, 3.8) is 0 Å². The lowest BCUT2D eigenvalue weighted by molar-refractivity contribution is 0.289. The highest BCUT2D eigenvalue weighted by molar-refractivity contribution is 5.92. The van der Waals surface area contributed by atoms with Crippen molar-refractivity contribution >= 4 is 5.90 Å². The van der Waals surface area contributed by atoms with Crippen LogP contribution >= 0.6 is 0 Å². The van der Waals surface area contributed by atoms with E-state index < -0.39 is 0 Å². The Balaban J connectivity index is 2.58. The van der Waals surface area contributed by atoms with Gasteiger partial charge in [-0.1, -0.05) is 43.8 Å². The fourth-order valence-corrected chi connectivity index (χ4v) is 1.19. The van der Waals surface area contributed by atoms with E-state index in [0.717, 1.165) is 17.6 Å². The van der Waals surface area contributed by atoms with Gasteiger partial charge in [-0.3, -0.25) is 0 Å². The Kier molecular flexibility index (Phi) is 5.12. The third kappa shape index (κ3) is 3.77. The molecule has 0 heterocycles. The first-order chi connectivity index (χ1) is 7.77. The van der Waals surface area contributed by atoms with Crippen LogP contribution in [-0.4, -0.2) is 12.9 Å². The van der Waals surface area contributed by atoms with Gasteiger partial charge in [0.2, 0.25) is 5.90 Å². The van der Waals surface area contributed by atoms with E-state index in [9.17, 15) is 0 Å². The molecule has 0 saturated carbocycles. The highest BCUT2D eigenvalue weighted by Gasteiger charge is 2.04. The molecule has 0 amide bonds. The molecular weight excluding hydrogens is 200 g/mol. The molecule has 0 aliphatic rings. The van der Waals surface area contributed by atoms with E-state index in [2.05, 4.69) is 17.1 Å². The predicted octanol–water partition coefficient (Wildman–Crippen LogP) is 2.70. The number of nitrogens with one attached hydrogen (secondary N) is 1. The minimum atomic E-state index is 0.514. The smallest absolute Gasteiger partial charge is 0.233 e. The lowest BCUT2D eigenvalue weighted by atomic mass is 10.2. The molecule has 1 aromatic rings.